The summed E-state index contributed by atoms with van der Waals surface area (Å²) in [6.45, 7) is 6.12. The summed E-state index contributed by atoms with van der Waals surface area (Å²) >= 11 is 0. The van der Waals surface area contributed by atoms with Crippen LogP contribution in [-0.2, 0) is 9.59 Å². The zero-order chi connectivity index (χ0) is 19.1. The topological polar surface area (TPSA) is 70.2 Å². The average Bonchev–Trinajstić information content (AvgIpc) is 2.28. The molecule has 0 aromatic heterocycles. The summed E-state index contributed by atoms with van der Waals surface area (Å²) in [7, 11) is 0. The molecule has 24 heavy (non-hydrogen) atoms. The first-order valence-electron chi connectivity index (χ1n) is 7.00. The lowest BCUT2D eigenvalue weighted by Gasteiger charge is -2.52. The maximum atomic E-state index is 12.5. The SMILES string of the molecule is CC1(C)C[C@H](NC(=O)C(F)(F)F)[C@@H](NC(=O)C(F)(F)F)C(C)(C)N1. The number of hydrogen-bond donors (Lipinski definition) is 3. The van der Waals surface area contributed by atoms with Crippen molar-refractivity contribution in [1.82, 2.24) is 16.0 Å². The molecule has 2 atom stereocenters. The average molecular weight is 363 g/mol. The molecule has 0 unspecified atom stereocenters. The predicted octanol–water partition coefficient (Wildman–Crippen LogP) is 1.63. The quantitative estimate of drug-likeness (QED) is 0.653. The molecule has 0 saturated carbocycles. The molecule has 0 aromatic carbocycles. The Morgan fingerprint density at radius 3 is 1.75 bits per heavy atom. The van der Waals surface area contributed by atoms with E-state index in [9.17, 15) is 35.9 Å². The molecule has 1 heterocycles. The molecule has 1 fully saturated rings. The van der Waals surface area contributed by atoms with Gasteiger partial charge in [0.05, 0.1) is 12.1 Å². The maximum Gasteiger partial charge on any atom is 0.471 e. The fourth-order valence-electron chi connectivity index (χ4n) is 3.06. The first-order valence-corrected chi connectivity index (χ1v) is 7.00. The van der Waals surface area contributed by atoms with Crippen molar-refractivity contribution in [3.05, 3.63) is 0 Å². The molecule has 1 aliphatic rings. The molecule has 0 aromatic rings. The van der Waals surface area contributed by atoms with Gasteiger partial charge >= 0.3 is 24.2 Å². The zero-order valence-corrected chi connectivity index (χ0v) is 13.4. The van der Waals surface area contributed by atoms with E-state index in [1.54, 1.807) is 24.5 Å². The second-order valence-electron chi connectivity index (χ2n) is 6.96. The summed E-state index contributed by atoms with van der Waals surface area (Å²) in [5.74, 6) is -4.56. The van der Waals surface area contributed by atoms with E-state index in [0.717, 1.165) is 0 Å². The van der Waals surface area contributed by atoms with Crippen molar-refractivity contribution >= 4 is 11.8 Å². The minimum absolute atomic E-state index is 0.110. The molecule has 1 rings (SSSR count). The summed E-state index contributed by atoms with van der Waals surface area (Å²) in [5, 5.41) is 6.34. The Balaban J connectivity index is 3.11. The molecule has 2 amide bonds. The first-order chi connectivity index (χ1) is 10.5. The van der Waals surface area contributed by atoms with Gasteiger partial charge in [0.2, 0.25) is 0 Å². The summed E-state index contributed by atoms with van der Waals surface area (Å²) in [6.07, 6.45) is -10.5. The van der Waals surface area contributed by atoms with Gasteiger partial charge in [-0.3, -0.25) is 9.59 Å². The Labute approximate surface area is 134 Å². The summed E-state index contributed by atoms with van der Waals surface area (Å²) in [4.78, 5) is 22.4. The van der Waals surface area contributed by atoms with Crippen LogP contribution in [-0.4, -0.2) is 47.3 Å². The highest BCUT2D eigenvalue weighted by molar-refractivity contribution is 5.83. The zero-order valence-electron chi connectivity index (χ0n) is 13.4. The van der Waals surface area contributed by atoms with Crippen LogP contribution in [0.3, 0.4) is 0 Å². The van der Waals surface area contributed by atoms with Crippen molar-refractivity contribution in [3.63, 3.8) is 0 Å². The highest BCUT2D eigenvalue weighted by atomic mass is 19.4. The third-order valence-corrected chi connectivity index (χ3v) is 3.69. The van der Waals surface area contributed by atoms with Crippen molar-refractivity contribution in [2.24, 2.45) is 0 Å². The number of carbonyl (C=O) groups excluding carboxylic acids is 2. The Hall–Kier alpha value is -1.52. The Morgan fingerprint density at radius 2 is 1.33 bits per heavy atom. The van der Waals surface area contributed by atoms with E-state index in [0.29, 0.717) is 0 Å². The molecule has 0 bridgehead atoms. The number of halogens is 6. The number of amides is 2. The monoisotopic (exact) mass is 363 g/mol. The Morgan fingerprint density at radius 1 is 0.917 bits per heavy atom. The Bertz CT molecular complexity index is 513. The van der Waals surface area contributed by atoms with Crippen LogP contribution in [0, 0.1) is 0 Å². The molecule has 11 heteroatoms. The number of carbonyl (C=O) groups is 2. The van der Waals surface area contributed by atoms with Gasteiger partial charge in [-0.25, -0.2) is 0 Å². The highest BCUT2D eigenvalue weighted by Crippen LogP contribution is 2.31. The normalized spacial score (nSPS) is 26.6. The molecule has 1 aliphatic heterocycles. The van der Waals surface area contributed by atoms with Gasteiger partial charge in [0.25, 0.3) is 0 Å². The van der Waals surface area contributed by atoms with E-state index < -0.39 is 47.3 Å². The highest BCUT2D eigenvalue weighted by Gasteiger charge is 2.51. The standard InChI is InChI=1S/C13H19F6N3O2/c1-10(2)5-6(20-8(23)12(14,15)16)7(11(3,4)22-10)21-9(24)13(17,18)19/h6-7,22H,5H2,1-4H3,(H,20,23)(H,21,24)/t6-,7+/m0/s1. The summed E-state index contributed by atoms with van der Waals surface area (Å²) in [6, 6.07) is -2.73. The Kier molecular flexibility index (Phi) is 5.20. The van der Waals surface area contributed by atoms with Crippen molar-refractivity contribution in [3.8, 4) is 0 Å². The van der Waals surface area contributed by atoms with Crippen LogP contribution in [0.2, 0.25) is 0 Å². The van der Waals surface area contributed by atoms with Crippen LogP contribution < -0.4 is 16.0 Å². The smallest absolute Gasteiger partial charge is 0.343 e. The van der Waals surface area contributed by atoms with Gasteiger partial charge in [0.1, 0.15) is 0 Å². The third-order valence-electron chi connectivity index (χ3n) is 3.69. The van der Waals surface area contributed by atoms with Crippen molar-refractivity contribution in [1.29, 1.82) is 0 Å². The molecule has 0 spiro atoms. The lowest BCUT2D eigenvalue weighted by Crippen LogP contribution is -2.75. The van der Waals surface area contributed by atoms with E-state index in [1.807, 2.05) is 0 Å². The fraction of sp³-hybridized carbons (Fsp3) is 0.846. The number of rotatable bonds is 2. The van der Waals surface area contributed by atoms with Crippen molar-refractivity contribution < 1.29 is 35.9 Å². The van der Waals surface area contributed by atoms with Gasteiger partial charge in [-0.15, -0.1) is 0 Å². The van der Waals surface area contributed by atoms with E-state index in [-0.39, 0.29) is 6.42 Å². The van der Waals surface area contributed by atoms with Crippen LogP contribution in [0.5, 0.6) is 0 Å². The number of nitrogens with one attached hydrogen (secondary N) is 3. The largest absolute Gasteiger partial charge is 0.471 e. The number of alkyl halides is 6. The fourth-order valence-corrected chi connectivity index (χ4v) is 3.06. The second kappa shape index (κ2) is 6.08. The lowest BCUT2D eigenvalue weighted by molar-refractivity contribution is -0.178. The van der Waals surface area contributed by atoms with Crippen LogP contribution in [0.15, 0.2) is 0 Å². The van der Waals surface area contributed by atoms with Gasteiger partial charge in [0.15, 0.2) is 0 Å². The number of hydrogen-bond acceptors (Lipinski definition) is 3. The molecular formula is C13H19F6N3O2. The predicted molar refractivity (Wildman–Crippen MR) is 71.9 cm³/mol. The minimum atomic E-state index is -5.19. The minimum Gasteiger partial charge on any atom is -0.343 e. The second-order valence-corrected chi connectivity index (χ2v) is 6.96. The van der Waals surface area contributed by atoms with Crippen molar-refractivity contribution in [2.45, 2.75) is 69.6 Å². The summed E-state index contributed by atoms with van der Waals surface area (Å²) < 4.78 is 74.9. The van der Waals surface area contributed by atoms with Gasteiger partial charge in [0, 0.05) is 11.1 Å². The summed E-state index contributed by atoms with van der Waals surface area (Å²) in [5.41, 5.74) is -1.97. The van der Waals surface area contributed by atoms with Crippen molar-refractivity contribution in [2.75, 3.05) is 0 Å². The molecule has 3 N–H and O–H groups in total. The van der Waals surface area contributed by atoms with Crippen LogP contribution in [0.1, 0.15) is 34.1 Å². The molecule has 140 valence electrons. The van der Waals surface area contributed by atoms with E-state index >= 15 is 0 Å². The van der Waals surface area contributed by atoms with Crippen LogP contribution in [0.4, 0.5) is 26.3 Å². The molecule has 1 saturated heterocycles. The molecular weight excluding hydrogens is 344 g/mol. The van der Waals surface area contributed by atoms with E-state index in [4.69, 9.17) is 0 Å². The maximum absolute atomic E-state index is 12.5. The third kappa shape index (κ3) is 4.99. The van der Waals surface area contributed by atoms with Gasteiger partial charge in [-0.05, 0) is 34.1 Å². The lowest BCUT2D eigenvalue weighted by atomic mass is 9.75. The molecule has 0 aliphatic carbocycles. The van der Waals surface area contributed by atoms with Crippen LogP contribution in [0.25, 0.3) is 0 Å². The van der Waals surface area contributed by atoms with Crippen LogP contribution >= 0.6 is 0 Å². The van der Waals surface area contributed by atoms with Gasteiger partial charge in [-0.1, -0.05) is 0 Å². The number of piperidine rings is 1. The van der Waals surface area contributed by atoms with Gasteiger partial charge < -0.3 is 16.0 Å². The first kappa shape index (κ1) is 20.5. The van der Waals surface area contributed by atoms with Gasteiger partial charge in [-0.2, -0.15) is 26.3 Å². The van der Waals surface area contributed by atoms with E-state index in [1.165, 1.54) is 13.8 Å². The van der Waals surface area contributed by atoms with E-state index in [2.05, 4.69) is 5.32 Å². The molecule has 5 nitrogen and oxygen atoms in total. The molecule has 0 radical (unpaired) electrons.